The standard InChI is InChI=1S/C13H19N3O3/c1-2-14-8-13(16(17)18)12-4-3-6-15(12)9-11-5-7-19-10-11/h3-4,6,8,11,13H,2,5,7,9-10H2,1H3. The molecule has 0 aliphatic carbocycles. The monoisotopic (exact) mass is 265 g/mol. The molecule has 2 rings (SSSR count). The Morgan fingerprint density at radius 3 is 3.21 bits per heavy atom. The highest BCUT2D eigenvalue weighted by molar-refractivity contribution is 5.64. The van der Waals surface area contributed by atoms with E-state index in [9.17, 15) is 10.1 Å². The topological polar surface area (TPSA) is 69.7 Å². The Morgan fingerprint density at radius 2 is 2.58 bits per heavy atom. The molecule has 2 heterocycles. The highest BCUT2D eigenvalue weighted by Crippen LogP contribution is 2.20. The summed E-state index contributed by atoms with van der Waals surface area (Å²) in [6, 6.07) is 2.78. The molecule has 0 saturated carbocycles. The molecule has 1 fully saturated rings. The molecule has 2 unspecified atom stereocenters. The Labute approximate surface area is 112 Å². The van der Waals surface area contributed by atoms with Crippen LogP contribution < -0.4 is 0 Å². The zero-order valence-corrected chi connectivity index (χ0v) is 11.1. The van der Waals surface area contributed by atoms with Crippen molar-refractivity contribution in [1.29, 1.82) is 0 Å². The summed E-state index contributed by atoms with van der Waals surface area (Å²) in [5.41, 5.74) is 0.689. The van der Waals surface area contributed by atoms with Crippen LogP contribution in [0.3, 0.4) is 0 Å². The molecule has 0 bridgehead atoms. The Bertz CT molecular complexity index is 450. The van der Waals surface area contributed by atoms with Crippen molar-refractivity contribution < 1.29 is 9.66 Å². The fraction of sp³-hybridized carbons (Fsp3) is 0.615. The maximum Gasteiger partial charge on any atom is 0.287 e. The maximum absolute atomic E-state index is 11.2. The number of hydrogen-bond donors (Lipinski definition) is 0. The van der Waals surface area contributed by atoms with Gasteiger partial charge < -0.3 is 9.30 Å². The van der Waals surface area contributed by atoms with E-state index in [1.165, 1.54) is 6.21 Å². The second-order valence-electron chi connectivity index (χ2n) is 4.69. The summed E-state index contributed by atoms with van der Waals surface area (Å²) >= 11 is 0. The minimum absolute atomic E-state index is 0.295. The fourth-order valence-corrected chi connectivity index (χ4v) is 2.31. The third-order valence-corrected chi connectivity index (χ3v) is 3.30. The molecule has 0 amide bonds. The van der Waals surface area contributed by atoms with Gasteiger partial charge in [0.25, 0.3) is 6.04 Å². The summed E-state index contributed by atoms with van der Waals surface area (Å²) in [5.74, 6) is 0.446. The van der Waals surface area contributed by atoms with Gasteiger partial charge in [0.2, 0.25) is 0 Å². The number of hydrogen-bond acceptors (Lipinski definition) is 4. The van der Waals surface area contributed by atoms with Gasteiger partial charge in [-0.3, -0.25) is 15.1 Å². The van der Waals surface area contributed by atoms with E-state index in [0.29, 0.717) is 18.2 Å². The predicted octanol–water partition coefficient (Wildman–Crippen LogP) is 1.93. The summed E-state index contributed by atoms with van der Waals surface area (Å²) in [6.07, 6.45) is 4.34. The lowest BCUT2D eigenvalue weighted by Crippen LogP contribution is -2.19. The van der Waals surface area contributed by atoms with Gasteiger partial charge in [-0.1, -0.05) is 0 Å². The van der Waals surface area contributed by atoms with E-state index in [1.54, 1.807) is 6.07 Å². The molecule has 0 aromatic carbocycles. The number of nitro groups is 1. The SMILES string of the molecule is CCN=CC(c1cccn1CC1CCOC1)[N+](=O)[O-]. The average molecular weight is 265 g/mol. The molecule has 6 heteroatoms. The first kappa shape index (κ1) is 13.7. The van der Waals surface area contributed by atoms with Gasteiger partial charge in [-0.15, -0.1) is 0 Å². The van der Waals surface area contributed by atoms with Gasteiger partial charge in [0, 0.05) is 36.7 Å². The number of rotatable bonds is 6. The van der Waals surface area contributed by atoms with Crippen LogP contribution in [0, 0.1) is 16.0 Å². The van der Waals surface area contributed by atoms with E-state index in [-0.39, 0.29) is 4.92 Å². The van der Waals surface area contributed by atoms with E-state index in [0.717, 1.165) is 26.2 Å². The molecule has 1 aliphatic heterocycles. The van der Waals surface area contributed by atoms with Crippen molar-refractivity contribution in [1.82, 2.24) is 4.57 Å². The molecule has 104 valence electrons. The summed E-state index contributed by atoms with van der Waals surface area (Å²) in [4.78, 5) is 14.9. The number of aliphatic imine (C=N–C) groups is 1. The zero-order chi connectivity index (χ0) is 13.7. The minimum atomic E-state index is -0.864. The Morgan fingerprint density at radius 1 is 1.74 bits per heavy atom. The van der Waals surface area contributed by atoms with Crippen molar-refractivity contribution in [3.8, 4) is 0 Å². The maximum atomic E-state index is 11.2. The van der Waals surface area contributed by atoms with Crippen LogP contribution in [-0.2, 0) is 11.3 Å². The highest BCUT2D eigenvalue weighted by Gasteiger charge is 2.25. The number of nitrogens with zero attached hydrogens (tertiary/aromatic N) is 3. The molecule has 2 atom stereocenters. The van der Waals surface area contributed by atoms with E-state index in [2.05, 4.69) is 4.99 Å². The average Bonchev–Trinajstić information content (AvgIpc) is 3.02. The molecule has 19 heavy (non-hydrogen) atoms. The third kappa shape index (κ3) is 3.41. The second-order valence-corrected chi connectivity index (χ2v) is 4.69. The zero-order valence-electron chi connectivity index (χ0n) is 11.1. The highest BCUT2D eigenvalue weighted by atomic mass is 16.6. The van der Waals surface area contributed by atoms with Crippen molar-refractivity contribution in [3.05, 3.63) is 34.1 Å². The molecular weight excluding hydrogens is 246 g/mol. The quantitative estimate of drug-likeness (QED) is 0.448. The first-order chi connectivity index (χ1) is 9.22. The first-order valence-corrected chi connectivity index (χ1v) is 6.58. The lowest BCUT2D eigenvalue weighted by molar-refractivity contribution is -0.508. The van der Waals surface area contributed by atoms with Crippen LogP contribution in [-0.4, -0.2) is 35.5 Å². The van der Waals surface area contributed by atoms with Crippen LogP contribution in [0.2, 0.25) is 0 Å². The van der Waals surface area contributed by atoms with Gasteiger partial charge in [0.1, 0.15) is 0 Å². The van der Waals surface area contributed by atoms with Crippen LogP contribution in [0.5, 0.6) is 0 Å². The normalized spacial score (nSPS) is 21.0. The lowest BCUT2D eigenvalue weighted by Gasteiger charge is -2.14. The van der Waals surface area contributed by atoms with Crippen molar-refractivity contribution in [2.24, 2.45) is 10.9 Å². The summed E-state index contributed by atoms with van der Waals surface area (Å²) in [7, 11) is 0. The van der Waals surface area contributed by atoms with Crippen LogP contribution in [0.25, 0.3) is 0 Å². The van der Waals surface area contributed by atoms with Crippen LogP contribution >= 0.6 is 0 Å². The predicted molar refractivity (Wildman–Crippen MR) is 72.1 cm³/mol. The summed E-state index contributed by atoms with van der Waals surface area (Å²) in [5, 5.41) is 11.2. The summed E-state index contributed by atoms with van der Waals surface area (Å²) in [6.45, 7) is 4.72. The van der Waals surface area contributed by atoms with Gasteiger partial charge in [-0.05, 0) is 25.5 Å². The molecule has 1 aliphatic rings. The van der Waals surface area contributed by atoms with Gasteiger partial charge in [-0.2, -0.15) is 0 Å². The number of aromatic nitrogens is 1. The molecule has 0 N–H and O–H groups in total. The Hall–Kier alpha value is -1.69. The molecule has 1 saturated heterocycles. The molecular formula is C13H19N3O3. The van der Waals surface area contributed by atoms with Crippen molar-refractivity contribution in [2.75, 3.05) is 19.8 Å². The molecule has 0 radical (unpaired) electrons. The van der Waals surface area contributed by atoms with Gasteiger partial charge >= 0.3 is 0 Å². The molecule has 1 aromatic rings. The number of ether oxygens (including phenoxy) is 1. The van der Waals surface area contributed by atoms with E-state index < -0.39 is 6.04 Å². The smallest absolute Gasteiger partial charge is 0.287 e. The molecule has 1 aromatic heterocycles. The first-order valence-electron chi connectivity index (χ1n) is 6.58. The van der Waals surface area contributed by atoms with Gasteiger partial charge in [-0.25, -0.2) is 0 Å². The largest absolute Gasteiger partial charge is 0.381 e. The lowest BCUT2D eigenvalue weighted by atomic mass is 10.1. The van der Waals surface area contributed by atoms with Crippen LogP contribution in [0.1, 0.15) is 25.1 Å². The van der Waals surface area contributed by atoms with Gasteiger partial charge in [0.05, 0.1) is 18.5 Å². The van der Waals surface area contributed by atoms with E-state index >= 15 is 0 Å². The molecule has 6 nitrogen and oxygen atoms in total. The summed E-state index contributed by atoms with van der Waals surface area (Å²) < 4.78 is 7.30. The second kappa shape index (κ2) is 6.47. The van der Waals surface area contributed by atoms with Crippen LogP contribution in [0.4, 0.5) is 0 Å². The molecule has 0 spiro atoms. The van der Waals surface area contributed by atoms with Crippen molar-refractivity contribution >= 4 is 6.21 Å². The fourth-order valence-electron chi connectivity index (χ4n) is 2.31. The third-order valence-electron chi connectivity index (χ3n) is 3.30. The van der Waals surface area contributed by atoms with Gasteiger partial charge in [0.15, 0.2) is 0 Å². The Kier molecular flexibility index (Phi) is 4.68. The van der Waals surface area contributed by atoms with Crippen molar-refractivity contribution in [3.63, 3.8) is 0 Å². The van der Waals surface area contributed by atoms with Crippen LogP contribution in [0.15, 0.2) is 23.3 Å². The van der Waals surface area contributed by atoms with E-state index in [4.69, 9.17) is 4.74 Å². The minimum Gasteiger partial charge on any atom is -0.381 e. The van der Waals surface area contributed by atoms with E-state index in [1.807, 2.05) is 23.8 Å². The van der Waals surface area contributed by atoms with Crippen molar-refractivity contribution in [2.45, 2.75) is 25.9 Å². The Balaban J connectivity index is 2.15.